The first-order valence-corrected chi connectivity index (χ1v) is 6.52. The summed E-state index contributed by atoms with van der Waals surface area (Å²) < 4.78 is 4.94. The molecule has 0 aromatic heterocycles. The summed E-state index contributed by atoms with van der Waals surface area (Å²) in [6.45, 7) is 3.79. The summed E-state index contributed by atoms with van der Waals surface area (Å²) >= 11 is 0. The molecule has 1 saturated heterocycles. The Morgan fingerprint density at radius 3 is 2.28 bits per heavy atom. The monoisotopic (exact) mass is 244 g/mol. The van der Waals surface area contributed by atoms with Crippen molar-refractivity contribution in [2.45, 2.75) is 25.9 Å². The Morgan fingerprint density at radius 2 is 1.67 bits per heavy atom. The molecule has 96 valence electrons. The molecule has 1 aliphatic rings. The van der Waals surface area contributed by atoms with E-state index in [9.17, 15) is 5.11 Å². The van der Waals surface area contributed by atoms with Gasteiger partial charge in [-0.1, -0.05) is 42.5 Å². The number of ether oxygens (including phenoxy) is 1. The molecule has 2 heteroatoms. The second-order valence-electron chi connectivity index (χ2n) is 4.56. The van der Waals surface area contributed by atoms with E-state index >= 15 is 0 Å². The van der Waals surface area contributed by atoms with E-state index in [1.807, 2.05) is 30.3 Å². The Balaban J connectivity index is 0.000000202. The van der Waals surface area contributed by atoms with Crippen molar-refractivity contribution in [3.63, 3.8) is 0 Å². The first-order valence-electron chi connectivity index (χ1n) is 6.52. The highest BCUT2D eigenvalue weighted by molar-refractivity contribution is 5.85. The molecule has 0 saturated carbocycles. The molecule has 1 fully saturated rings. The van der Waals surface area contributed by atoms with Crippen LogP contribution in [-0.2, 0) is 4.74 Å². The standard InChI is InChI=1S/C12H12O.C4H8O/c1-9(13)11-8-4-6-10-5-2-3-7-12(10)11;1-2-4-5-3-1/h2-9,13H,1H3;1-4H2. The van der Waals surface area contributed by atoms with Crippen LogP contribution in [0.15, 0.2) is 42.5 Å². The fraction of sp³-hybridized carbons (Fsp3) is 0.375. The quantitative estimate of drug-likeness (QED) is 0.829. The number of hydrogen-bond acceptors (Lipinski definition) is 2. The maximum Gasteiger partial charge on any atom is 0.0767 e. The van der Waals surface area contributed by atoms with E-state index in [0.717, 1.165) is 24.2 Å². The van der Waals surface area contributed by atoms with Crippen LogP contribution in [-0.4, -0.2) is 18.3 Å². The van der Waals surface area contributed by atoms with Crippen LogP contribution in [0.4, 0.5) is 0 Å². The topological polar surface area (TPSA) is 29.5 Å². The van der Waals surface area contributed by atoms with Crippen LogP contribution in [0, 0.1) is 0 Å². The highest BCUT2D eigenvalue weighted by atomic mass is 16.5. The molecule has 1 N–H and O–H groups in total. The van der Waals surface area contributed by atoms with Gasteiger partial charge in [0.1, 0.15) is 0 Å². The second kappa shape index (κ2) is 6.53. The maximum absolute atomic E-state index is 9.52. The molecular weight excluding hydrogens is 224 g/mol. The van der Waals surface area contributed by atoms with Gasteiger partial charge in [0, 0.05) is 13.2 Å². The van der Waals surface area contributed by atoms with Gasteiger partial charge < -0.3 is 9.84 Å². The largest absolute Gasteiger partial charge is 0.389 e. The van der Waals surface area contributed by atoms with Gasteiger partial charge in [0.2, 0.25) is 0 Å². The highest BCUT2D eigenvalue weighted by Crippen LogP contribution is 2.23. The summed E-state index contributed by atoms with van der Waals surface area (Å²) in [5.74, 6) is 0. The molecule has 0 amide bonds. The van der Waals surface area contributed by atoms with E-state index < -0.39 is 6.10 Å². The van der Waals surface area contributed by atoms with Gasteiger partial charge in [-0.25, -0.2) is 0 Å². The van der Waals surface area contributed by atoms with E-state index in [1.54, 1.807) is 6.92 Å². The lowest BCUT2D eigenvalue weighted by molar-refractivity contribution is 0.198. The van der Waals surface area contributed by atoms with Crippen LogP contribution in [0.1, 0.15) is 31.4 Å². The molecule has 1 unspecified atom stereocenters. The minimum absolute atomic E-state index is 0.397. The lowest BCUT2D eigenvalue weighted by atomic mass is 10.0. The lowest BCUT2D eigenvalue weighted by Crippen LogP contribution is -1.91. The van der Waals surface area contributed by atoms with E-state index in [0.29, 0.717) is 0 Å². The Kier molecular flexibility index (Phi) is 4.73. The fourth-order valence-electron chi connectivity index (χ4n) is 2.13. The molecule has 2 aromatic rings. The van der Waals surface area contributed by atoms with Crippen molar-refractivity contribution in [1.29, 1.82) is 0 Å². The Morgan fingerprint density at radius 1 is 1.00 bits per heavy atom. The van der Waals surface area contributed by atoms with Crippen molar-refractivity contribution in [2.24, 2.45) is 0 Å². The maximum atomic E-state index is 9.52. The number of hydrogen-bond donors (Lipinski definition) is 1. The van der Waals surface area contributed by atoms with Gasteiger partial charge in [0.25, 0.3) is 0 Å². The lowest BCUT2D eigenvalue weighted by Gasteiger charge is -2.08. The number of aliphatic hydroxyl groups is 1. The van der Waals surface area contributed by atoms with Crippen molar-refractivity contribution in [2.75, 3.05) is 13.2 Å². The first kappa shape index (κ1) is 13.1. The van der Waals surface area contributed by atoms with Crippen molar-refractivity contribution in [1.82, 2.24) is 0 Å². The van der Waals surface area contributed by atoms with Gasteiger partial charge >= 0.3 is 0 Å². The van der Waals surface area contributed by atoms with Gasteiger partial charge in [0.15, 0.2) is 0 Å². The molecule has 2 nitrogen and oxygen atoms in total. The first-order chi connectivity index (χ1) is 8.79. The van der Waals surface area contributed by atoms with Gasteiger partial charge in [-0.15, -0.1) is 0 Å². The van der Waals surface area contributed by atoms with E-state index in [1.165, 1.54) is 18.2 Å². The fourth-order valence-corrected chi connectivity index (χ4v) is 2.13. The van der Waals surface area contributed by atoms with E-state index in [-0.39, 0.29) is 0 Å². The third-order valence-electron chi connectivity index (χ3n) is 3.10. The van der Waals surface area contributed by atoms with Gasteiger partial charge in [-0.3, -0.25) is 0 Å². The summed E-state index contributed by atoms with van der Waals surface area (Å²) in [6, 6.07) is 14.1. The van der Waals surface area contributed by atoms with Crippen LogP contribution >= 0.6 is 0 Å². The molecular formula is C16H20O2. The Labute approximate surface area is 108 Å². The van der Waals surface area contributed by atoms with Crippen LogP contribution in [0.2, 0.25) is 0 Å². The number of fused-ring (bicyclic) bond motifs is 1. The zero-order valence-corrected chi connectivity index (χ0v) is 10.8. The summed E-state index contributed by atoms with van der Waals surface area (Å²) in [5.41, 5.74) is 0.998. The Bertz CT molecular complexity index is 474. The molecule has 0 bridgehead atoms. The molecule has 0 radical (unpaired) electrons. The summed E-state index contributed by atoms with van der Waals surface area (Å²) in [5, 5.41) is 11.8. The van der Waals surface area contributed by atoms with Gasteiger partial charge in [0.05, 0.1) is 6.10 Å². The van der Waals surface area contributed by atoms with Gasteiger partial charge in [-0.2, -0.15) is 0 Å². The zero-order chi connectivity index (χ0) is 12.8. The van der Waals surface area contributed by atoms with Crippen LogP contribution in [0.3, 0.4) is 0 Å². The van der Waals surface area contributed by atoms with Crippen molar-refractivity contribution >= 4 is 10.8 Å². The van der Waals surface area contributed by atoms with Crippen LogP contribution < -0.4 is 0 Å². The molecule has 3 rings (SSSR count). The molecule has 0 spiro atoms. The molecule has 1 aliphatic heterocycles. The van der Waals surface area contributed by atoms with E-state index in [4.69, 9.17) is 4.74 Å². The van der Waals surface area contributed by atoms with Crippen molar-refractivity contribution < 1.29 is 9.84 Å². The molecule has 1 heterocycles. The predicted octanol–water partition coefficient (Wildman–Crippen LogP) is 3.69. The van der Waals surface area contributed by atoms with Gasteiger partial charge in [-0.05, 0) is 36.1 Å². The molecule has 0 aliphatic carbocycles. The average Bonchev–Trinajstić information content (AvgIpc) is 2.97. The third-order valence-corrected chi connectivity index (χ3v) is 3.10. The van der Waals surface area contributed by atoms with Crippen LogP contribution in [0.5, 0.6) is 0 Å². The number of aliphatic hydroxyl groups excluding tert-OH is 1. The Hall–Kier alpha value is -1.38. The van der Waals surface area contributed by atoms with Crippen LogP contribution in [0.25, 0.3) is 10.8 Å². The molecule has 18 heavy (non-hydrogen) atoms. The summed E-state index contributed by atoms with van der Waals surface area (Å²) in [4.78, 5) is 0. The summed E-state index contributed by atoms with van der Waals surface area (Å²) in [6.07, 6.45) is 2.16. The van der Waals surface area contributed by atoms with Crippen molar-refractivity contribution in [3.05, 3.63) is 48.0 Å². The third kappa shape index (κ3) is 3.31. The molecule has 2 aromatic carbocycles. The summed E-state index contributed by atoms with van der Waals surface area (Å²) in [7, 11) is 0. The zero-order valence-electron chi connectivity index (χ0n) is 10.8. The normalized spacial score (nSPS) is 16.1. The second-order valence-corrected chi connectivity index (χ2v) is 4.56. The van der Waals surface area contributed by atoms with Crippen molar-refractivity contribution in [3.8, 4) is 0 Å². The molecule has 1 atom stereocenters. The predicted molar refractivity (Wildman–Crippen MR) is 74.6 cm³/mol. The van der Waals surface area contributed by atoms with E-state index in [2.05, 4.69) is 12.1 Å². The number of rotatable bonds is 1. The SMILES string of the molecule is C1CCOC1.CC(O)c1cccc2ccccc12. The average molecular weight is 244 g/mol. The number of benzene rings is 2. The smallest absolute Gasteiger partial charge is 0.0767 e. The highest BCUT2D eigenvalue weighted by Gasteiger charge is 2.04. The minimum Gasteiger partial charge on any atom is -0.389 e. The minimum atomic E-state index is -0.397.